The molecule has 0 spiro atoms. The van der Waals surface area contributed by atoms with Gasteiger partial charge in [0.2, 0.25) is 5.91 Å². The van der Waals surface area contributed by atoms with Gasteiger partial charge in [0.15, 0.2) is 5.82 Å². The topological polar surface area (TPSA) is 120 Å². The molecule has 134 valence electrons. The molecule has 0 unspecified atom stereocenters. The van der Waals surface area contributed by atoms with Crippen molar-refractivity contribution in [3.05, 3.63) is 59.0 Å². The van der Waals surface area contributed by atoms with Crippen LogP contribution in [0.4, 0.5) is 5.82 Å². The Morgan fingerprint density at radius 1 is 1.23 bits per heavy atom. The van der Waals surface area contributed by atoms with Crippen LogP contribution in [0.3, 0.4) is 0 Å². The quantitative estimate of drug-likeness (QED) is 0.562. The highest BCUT2D eigenvalue weighted by Gasteiger charge is 2.05. The number of aryl methyl sites for hydroxylation is 1. The molecule has 0 atom stereocenters. The Morgan fingerprint density at radius 2 is 2.12 bits per heavy atom. The second-order valence-electron chi connectivity index (χ2n) is 5.50. The summed E-state index contributed by atoms with van der Waals surface area (Å²) in [5.41, 5.74) is 0.369. The van der Waals surface area contributed by atoms with Gasteiger partial charge in [0.1, 0.15) is 12.4 Å². The molecule has 10 heteroatoms. The van der Waals surface area contributed by atoms with Crippen LogP contribution in [0.25, 0.3) is 5.82 Å². The zero-order valence-electron chi connectivity index (χ0n) is 14.2. The summed E-state index contributed by atoms with van der Waals surface area (Å²) in [4.78, 5) is 27.6. The summed E-state index contributed by atoms with van der Waals surface area (Å²) in [6.07, 6.45) is 4.81. The molecular formula is C16H18N8O2. The van der Waals surface area contributed by atoms with Crippen molar-refractivity contribution in [2.45, 2.75) is 13.5 Å². The van der Waals surface area contributed by atoms with Gasteiger partial charge in [-0.05, 0) is 25.1 Å². The molecule has 0 aliphatic rings. The van der Waals surface area contributed by atoms with Crippen LogP contribution in [0.5, 0.6) is 0 Å². The molecule has 0 bridgehead atoms. The molecule has 0 aliphatic heterocycles. The number of amides is 1. The molecular weight excluding hydrogens is 336 g/mol. The van der Waals surface area contributed by atoms with Crippen molar-refractivity contribution >= 4 is 11.7 Å². The molecule has 10 nitrogen and oxygen atoms in total. The average molecular weight is 354 g/mol. The Labute approximate surface area is 148 Å². The maximum atomic E-state index is 11.9. The van der Waals surface area contributed by atoms with Crippen molar-refractivity contribution in [1.29, 1.82) is 0 Å². The molecule has 3 heterocycles. The van der Waals surface area contributed by atoms with Crippen molar-refractivity contribution in [1.82, 2.24) is 34.8 Å². The second kappa shape index (κ2) is 8.01. The summed E-state index contributed by atoms with van der Waals surface area (Å²) in [5.74, 6) is 0.944. The van der Waals surface area contributed by atoms with Gasteiger partial charge in [-0.15, -0.1) is 10.2 Å². The maximum absolute atomic E-state index is 11.9. The first-order chi connectivity index (χ1) is 12.6. The number of carbonyl (C=O) groups is 1. The summed E-state index contributed by atoms with van der Waals surface area (Å²) in [6, 6.07) is 6.76. The van der Waals surface area contributed by atoms with E-state index < -0.39 is 0 Å². The van der Waals surface area contributed by atoms with Crippen molar-refractivity contribution in [3.63, 3.8) is 0 Å². The van der Waals surface area contributed by atoms with Gasteiger partial charge in [-0.1, -0.05) is 0 Å². The van der Waals surface area contributed by atoms with E-state index in [1.165, 1.54) is 17.0 Å². The molecule has 0 saturated carbocycles. The molecule has 3 rings (SSSR count). The Morgan fingerprint density at radius 3 is 2.81 bits per heavy atom. The molecule has 3 aromatic rings. The van der Waals surface area contributed by atoms with E-state index in [1.54, 1.807) is 42.2 Å². The van der Waals surface area contributed by atoms with Crippen LogP contribution < -0.4 is 16.2 Å². The summed E-state index contributed by atoms with van der Waals surface area (Å²) in [6.45, 7) is 2.52. The van der Waals surface area contributed by atoms with Gasteiger partial charge in [-0.25, -0.2) is 9.67 Å². The van der Waals surface area contributed by atoms with E-state index in [0.29, 0.717) is 30.4 Å². The molecule has 0 aliphatic carbocycles. The molecule has 2 N–H and O–H groups in total. The van der Waals surface area contributed by atoms with Crippen LogP contribution in [-0.4, -0.2) is 48.5 Å². The number of rotatable bonds is 7. The lowest BCUT2D eigenvalue weighted by Crippen LogP contribution is -2.34. The predicted octanol–water partition coefficient (Wildman–Crippen LogP) is -0.244. The van der Waals surface area contributed by atoms with Crippen LogP contribution >= 0.6 is 0 Å². The monoisotopic (exact) mass is 354 g/mol. The van der Waals surface area contributed by atoms with Gasteiger partial charge >= 0.3 is 0 Å². The van der Waals surface area contributed by atoms with Crippen LogP contribution in [0.15, 0.2) is 47.8 Å². The van der Waals surface area contributed by atoms with E-state index in [9.17, 15) is 9.59 Å². The van der Waals surface area contributed by atoms with Gasteiger partial charge in [0.25, 0.3) is 5.56 Å². The Hall–Kier alpha value is -3.56. The Balaban J connectivity index is 1.42. The van der Waals surface area contributed by atoms with Gasteiger partial charge in [-0.2, -0.15) is 5.10 Å². The van der Waals surface area contributed by atoms with Gasteiger partial charge in [-0.3, -0.25) is 14.2 Å². The third kappa shape index (κ3) is 4.50. The lowest BCUT2D eigenvalue weighted by atomic mass is 10.4. The minimum atomic E-state index is -0.264. The first-order valence-corrected chi connectivity index (χ1v) is 7.99. The molecule has 26 heavy (non-hydrogen) atoms. The van der Waals surface area contributed by atoms with E-state index in [2.05, 4.69) is 30.9 Å². The standard InChI is InChI=1S/C16H18N8O2/c1-12-9-16(26)23(11-19-12)10-15(25)18-7-6-17-13-3-4-14(22-21-13)24-8-2-5-20-24/h2-5,8-9,11H,6-7,10H2,1H3,(H,17,21)(H,18,25). The molecule has 3 aromatic heterocycles. The minimum Gasteiger partial charge on any atom is -0.367 e. The largest absolute Gasteiger partial charge is 0.367 e. The average Bonchev–Trinajstić information content (AvgIpc) is 3.16. The van der Waals surface area contributed by atoms with Gasteiger partial charge in [0, 0.05) is 37.2 Å². The van der Waals surface area contributed by atoms with Gasteiger partial charge in [0.05, 0.1) is 6.33 Å². The highest BCUT2D eigenvalue weighted by atomic mass is 16.2. The summed E-state index contributed by atoms with van der Waals surface area (Å²) < 4.78 is 2.87. The van der Waals surface area contributed by atoms with Crippen molar-refractivity contribution in [2.75, 3.05) is 18.4 Å². The summed E-state index contributed by atoms with van der Waals surface area (Å²) in [7, 11) is 0. The van der Waals surface area contributed by atoms with Crippen LogP contribution in [0.1, 0.15) is 5.69 Å². The smallest absolute Gasteiger partial charge is 0.253 e. The predicted molar refractivity (Wildman–Crippen MR) is 93.9 cm³/mol. The van der Waals surface area contributed by atoms with E-state index in [-0.39, 0.29) is 18.0 Å². The van der Waals surface area contributed by atoms with E-state index in [1.807, 2.05) is 0 Å². The summed E-state index contributed by atoms with van der Waals surface area (Å²) >= 11 is 0. The third-order valence-electron chi connectivity index (χ3n) is 3.47. The molecule has 1 amide bonds. The lowest BCUT2D eigenvalue weighted by Gasteiger charge is -2.08. The van der Waals surface area contributed by atoms with Crippen molar-refractivity contribution in [3.8, 4) is 5.82 Å². The zero-order chi connectivity index (χ0) is 18.4. The number of carbonyl (C=O) groups excluding carboxylic acids is 1. The molecule has 0 fully saturated rings. The van der Waals surface area contributed by atoms with Crippen LogP contribution in [-0.2, 0) is 11.3 Å². The third-order valence-corrected chi connectivity index (χ3v) is 3.47. The summed E-state index contributed by atoms with van der Waals surface area (Å²) in [5, 5.41) is 18.0. The number of hydrogen-bond acceptors (Lipinski definition) is 7. The van der Waals surface area contributed by atoms with E-state index in [0.717, 1.165) is 0 Å². The molecule has 0 aromatic carbocycles. The number of nitrogens with zero attached hydrogens (tertiary/aromatic N) is 6. The van der Waals surface area contributed by atoms with Gasteiger partial charge < -0.3 is 10.6 Å². The van der Waals surface area contributed by atoms with Crippen LogP contribution in [0, 0.1) is 6.92 Å². The Bertz CT molecular complexity index is 918. The van der Waals surface area contributed by atoms with E-state index >= 15 is 0 Å². The zero-order valence-corrected chi connectivity index (χ0v) is 14.2. The maximum Gasteiger partial charge on any atom is 0.253 e. The normalized spacial score (nSPS) is 10.5. The number of aromatic nitrogens is 6. The fraction of sp³-hybridized carbons (Fsp3) is 0.250. The first kappa shape index (κ1) is 17.3. The van der Waals surface area contributed by atoms with E-state index in [4.69, 9.17) is 0 Å². The van der Waals surface area contributed by atoms with Crippen molar-refractivity contribution in [2.24, 2.45) is 0 Å². The number of hydrogen-bond donors (Lipinski definition) is 2. The molecule has 0 radical (unpaired) electrons. The minimum absolute atomic E-state index is 0.0650. The highest BCUT2D eigenvalue weighted by Crippen LogP contribution is 2.04. The Kier molecular flexibility index (Phi) is 5.32. The SMILES string of the molecule is Cc1cc(=O)n(CC(=O)NCCNc2ccc(-n3cccn3)nn2)cn1. The lowest BCUT2D eigenvalue weighted by molar-refractivity contribution is -0.121. The molecule has 0 saturated heterocycles. The second-order valence-corrected chi connectivity index (χ2v) is 5.50. The number of anilines is 1. The fourth-order valence-electron chi connectivity index (χ4n) is 2.18. The van der Waals surface area contributed by atoms with Crippen molar-refractivity contribution < 1.29 is 4.79 Å². The van der Waals surface area contributed by atoms with Crippen LogP contribution in [0.2, 0.25) is 0 Å². The number of nitrogens with one attached hydrogen (secondary N) is 2. The highest BCUT2D eigenvalue weighted by molar-refractivity contribution is 5.75. The fourth-order valence-corrected chi connectivity index (χ4v) is 2.18. The first-order valence-electron chi connectivity index (χ1n) is 7.99.